The molecule has 2 aromatic rings. The molecule has 7 heteroatoms. The van der Waals surface area contributed by atoms with Crippen molar-refractivity contribution in [2.75, 3.05) is 13.1 Å². The second-order valence-electron chi connectivity index (χ2n) is 6.05. The minimum atomic E-state index is -3.54. The van der Waals surface area contributed by atoms with Crippen LogP contribution in [0.4, 0.5) is 0 Å². The first-order valence-electron chi connectivity index (χ1n) is 8.65. The molecule has 142 valence electrons. The summed E-state index contributed by atoms with van der Waals surface area (Å²) in [5, 5.41) is 9.06. The molecular formula is C20H23N3O3S. The smallest absolute Gasteiger partial charge is 0.243 e. The molecule has 0 saturated carbocycles. The van der Waals surface area contributed by atoms with Crippen LogP contribution in [0.2, 0.25) is 0 Å². The van der Waals surface area contributed by atoms with Gasteiger partial charge in [-0.3, -0.25) is 4.79 Å². The van der Waals surface area contributed by atoms with Crippen LogP contribution in [0, 0.1) is 18.3 Å². The summed E-state index contributed by atoms with van der Waals surface area (Å²) in [4.78, 5) is 12.5. The largest absolute Gasteiger partial charge is 0.339 e. The van der Waals surface area contributed by atoms with Crippen LogP contribution in [-0.2, 0) is 17.1 Å². The molecule has 27 heavy (non-hydrogen) atoms. The maximum absolute atomic E-state index is 12.5. The molecule has 6 nitrogen and oxygen atoms in total. The highest BCUT2D eigenvalue weighted by Crippen LogP contribution is 2.18. The first-order chi connectivity index (χ1) is 12.8. The summed E-state index contributed by atoms with van der Waals surface area (Å²) in [6.07, 6.45) is 3.09. The average molecular weight is 385 g/mol. The number of nitrogens with zero attached hydrogens (tertiary/aromatic N) is 3. The molecule has 0 fully saturated rings. The summed E-state index contributed by atoms with van der Waals surface area (Å²) in [5.41, 5.74) is 2.60. The number of hydrogen-bond acceptors (Lipinski definition) is 4. The van der Waals surface area contributed by atoms with E-state index in [0.29, 0.717) is 24.3 Å². The number of aromatic nitrogens is 1. The normalized spacial score (nSPS) is 11.9. The number of carbonyl (C=O) groups is 1. The number of sulfonamides is 1. The second-order valence-corrected chi connectivity index (χ2v) is 7.99. The molecule has 0 spiro atoms. The molecule has 2 rings (SSSR count). The van der Waals surface area contributed by atoms with Gasteiger partial charge in [-0.05, 0) is 55.0 Å². The maximum Gasteiger partial charge on any atom is 0.243 e. The maximum atomic E-state index is 12.5. The average Bonchev–Trinajstić information content (AvgIpc) is 2.94. The first-order valence-corrected chi connectivity index (χ1v) is 10.1. The topological polar surface area (TPSA) is 83.2 Å². The summed E-state index contributed by atoms with van der Waals surface area (Å²) in [7, 11) is -1.75. The van der Waals surface area contributed by atoms with Crippen molar-refractivity contribution in [3.8, 4) is 6.07 Å². The van der Waals surface area contributed by atoms with Crippen molar-refractivity contribution < 1.29 is 13.2 Å². The molecule has 0 amide bonds. The van der Waals surface area contributed by atoms with Gasteiger partial charge in [0.05, 0.1) is 4.90 Å². The van der Waals surface area contributed by atoms with Gasteiger partial charge in [-0.25, -0.2) is 8.42 Å². The highest BCUT2D eigenvalue weighted by atomic mass is 32.2. The van der Waals surface area contributed by atoms with Crippen LogP contribution in [0.15, 0.2) is 41.3 Å². The predicted molar refractivity (Wildman–Crippen MR) is 105 cm³/mol. The van der Waals surface area contributed by atoms with E-state index in [2.05, 4.69) is 6.07 Å². The highest BCUT2D eigenvalue weighted by Gasteiger charge is 2.21. The van der Waals surface area contributed by atoms with E-state index in [1.54, 1.807) is 37.6 Å². The molecule has 0 aliphatic carbocycles. The Morgan fingerprint density at radius 1 is 1.22 bits per heavy atom. The number of allylic oxidation sites excluding steroid dienone is 1. The highest BCUT2D eigenvalue weighted by molar-refractivity contribution is 7.89. The number of nitriles is 1. The number of hydrogen-bond donors (Lipinski definition) is 0. The van der Waals surface area contributed by atoms with Gasteiger partial charge in [-0.2, -0.15) is 9.57 Å². The fourth-order valence-electron chi connectivity index (χ4n) is 2.76. The van der Waals surface area contributed by atoms with E-state index in [9.17, 15) is 13.2 Å². The predicted octanol–water partition coefficient (Wildman–Crippen LogP) is 3.13. The Bertz CT molecular complexity index is 1010. The van der Waals surface area contributed by atoms with Crippen LogP contribution in [0.3, 0.4) is 0 Å². The summed E-state index contributed by atoms with van der Waals surface area (Å²) in [6.45, 7) is 6.23. The van der Waals surface area contributed by atoms with Crippen LogP contribution < -0.4 is 0 Å². The van der Waals surface area contributed by atoms with Crippen molar-refractivity contribution in [1.29, 1.82) is 5.26 Å². The zero-order chi connectivity index (χ0) is 20.2. The SMILES string of the molecule is CCN(CC)S(=O)(=O)c1ccc(C(=O)/C=C/c2cc(C#N)n(C)c2C)cc1. The standard InChI is InChI=1S/C20H23N3O3S/c1-5-23(6-2)27(25,26)19-10-7-16(8-11-19)20(24)12-9-17-13-18(14-21)22(4)15(17)3/h7-13H,5-6H2,1-4H3/b12-9+. The Morgan fingerprint density at radius 2 is 1.81 bits per heavy atom. The molecule has 0 unspecified atom stereocenters. The lowest BCUT2D eigenvalue weighted by molar-refractivity contribution is 0.104. The molecule has 0 bridgehead atoms. The minimum Gasteiger partial charge on any atom is -0.339 e. The van der Waals surface area contributed by atoms with Gasteiger partial charge < -0.3 is 4.57 Å². The number of ketones is 1. The second kappa shape index (κ2) is 8.33. The molecule has 0 atom stereocenters. The summed E-state index contributed by atoms with van der Waals surface area (Å²) >= 11 is 0. The van der Waals surface area contributed by atoms with E-state index in [1.165, 1.54) is 34.6 Å². The van der Waals surface area contributed by atoms with E-state index in [4.69, 9.17) is 5.26 Å². The molecule has 0 saturated heterocycles. The van der Waals surface area contributed by atoms with E-state index >= 15 is 0 Å². The van der Waals surface area contributed by atoms with E-state index in [0.717, 1.165) is 11.3 Å². The molecule has 0 N–H and O–H groups in total. The summed E-state index contributed by atoms with van der Waals surface area (Å²) in [5.74, 6) is -0.233. The van der Waals surface area contributed by atoms with Gasteiger partial charge in [0, 0.05) is 31.4 Å². The Hall–Kier alpha value is -2.69. The van der Waals surface area contributed by atoms with Gasteiger partial charge in [-0.15, -0.1) is 0 Å². The monoisotopic (exact) mass is 385 g/mol. The lowest BCUT2D eigenvalue weighted by Gasteiger charge is -2.18. The number of rotatable bonds is 7. The van der Waals surface area contributed by atoms with Crippen LogP contribution in [0.5, 0.6) is 0 Å². The zero-order valence-electron chi connectivity index (χ0n) is 15.9. The fourth-order valence-corrected chi connectivity index (χ4v) is 4.22. The van der Waals surface area contributed by atoms with Crippen molar-refractivity contribution in [1.82, 2.24) is 8.87 Å². The van der Waals surface area contributed by atoms with E-state index in [-0.39, 0.29) is 10.7 Å². The molecule has 1 aromatic carbocycles. The van der Waals surface area contributed by atoms with Crippen molar-refractivity contribution >= 4 is 21.9 Å². The zero-order valence-corrected chi connectivity index (χ0v) is 16.7. The molecular weight excluding hydrogens is 362 g/mol. The number of benzene rings is 1. The third-order valence-electron chi connectivity index (χ3n) is 4.59. The van der Waals surface area contributed by atoms with Crippen LogP contribution in [0.1, 0.15) is 41.2 Å². The van der Waals surface area contributed by atoms with E-state index < -0.39 is 10.0 Å². The fraction of sp³-hybridized carbons (Fsp3) is 0.300. The van der Waals surface area contributed by atoms with Crippen LogP contribution in [-0.4, -0.2) is 36.2 Å². The van der Waals surface area contributed by atoms with E-state index in [1.807, 2.05) is 6.92 Å². The third-order valence-corrected chi connectivity index (χ3v) is 6.65. The van der Waals surface area contributed by atoms with Gasteiger partial charge in [0.1, 0.15) is 11.8 Å². The third kappa shape index (κ3) is 4.18. The van der Waals surface area contributed by atoms with Gasteiger partial charge in [-0.1, -0.05) is 13.8 Å². The van der Waals surface area contributed by atoms with Crippen LogP contribution in [0.25, 0.3) is 6.08 Å². The minimum absolute atomic E-state index is 0.171. The van der Waals surface area contributed by atoms with Crippen molar-refractivity contribution in [3.63, 3.8) is 0 Å². The van der Waals surface area contributed by atoms with Crippen molar-refractivity contribution in [3.05, 3.63) is 58.9 Å². The van der Waals surface area contributed by atoms with Crippen LogP contribution >= 0.6 is 0 Å². The summed E-state index contributed by atoms with van der Waals surface area (Å²) < 4.78 is 28.1. The molecule has 1 aromatic heterocycles. The molecule has 0 radical (unpaired) electrons. The molecule has 0 aliphatic rings. The summed E-state index contributed by atoms with van der Waals surface area (Å²) in [6, 6.07) is 9.76. The quantitative estimate of drug-likeness (QED) is 0.541. The number of carbonyl (C=O) groups excluding carboxylic acids is 1. The Labute approximate surface area is 160 Å². The Morgan fingerprint density at radius 3 is 2.30 bits per heavy atom. The van der Waals surface area contributed by atoms with Gasteiger partial charge >= 0.3 is 0 Å². The van der Waals surface area contributed by atoms with Gasteiger partial charge in [0.2, 0.25) is 10.0 Å². The van der Waals surface area contributed by atoms with Crippen molar-refractivity contribution in [2.24, 2.45) is 7.05 Å². The Kier molecular flexibility index (Phi) is 6.37. The lowest BCUT2D eigenvalue weighted by atomic mass is 10.1. The molecule has 0 aliphatic heterocycles. The molecule has 1 heterocycles. The Balaban J connectivity index is 2.23. The first kappa shape index (κ1) is 20.6. The van der Waals surface area contributed by atoms with Gasteiger partial charge in [0.25, 0.3) is 0 Å². The van der Waals surface area contributed by atoms with Gasteiger partial charge in [0.15, 0.2) is 5.78 Å². The van der Waals surface area contributed by atoms with Crippen molar-refractivity contribution in [2.45, 2.75) is 25.7 Å². The lowest BCUT2D eigenvalue weighted by Crippen LogP contribution is -2.30.